The summed E-state index contributed by atoms with van der Waals surface area (Å²) in [6, 6.07) is 7.94. The Morgan fingerprint density at radius 2 is 1.96 bits per heavy atom. The van der Waals surface area contributed by atoms with Crippen molar-refractivity contribution in [3.63, 3.8) is 0 Å². The van der Waals surface area contributed by atoms with Gasteiger partial charge in [-0.2, -0.15) is 0 Å². The molecule has 0 radical (unpaired) electrons. The van der Waals surface area contributed by atoms with E-state index in [1.54, 1.807) is 0 Å². The zero-order valence-corrected chi connectivity index (χ0v) is 15.9. The molecular formula is C20H28ClN3O2. The van der Waals surface area contributed by atoms with E-state index in [1.807, 2.05) is 23.1 Å². The molecule has 2 fully saturated rings. The number of halogens is 1. The van der Waals surface area contributed by atoms with Gasteiger partial charge in [0, 0.05) is 37.7 Å². The molecule has 3 aliphatic heterocycles. The molecule has 1 atom stereocenters. The Balaban J connectivity index is 0.00000196. The quantitative estimate of drug-likeness (QED) is 0.851. The second-order valence-electron chi connectivity index (χ2n) is 7.89. The molecule has 26 heavy (non-hydrogen) atoms. The molecule has 0 saturated carbocycles. The summed E-state index contributed by atoms with van der Waals surface area (Å²) < 4.78 is 0. The number of carbonyl (C=O) groups excluding carboxylic acids is 2. The van der Waals surface area contributed by atoms with E-state index in [4.69, 9.17) is 0 Å². The van der Waals surface area contributed by atoms with Gasteiger partial charge < -0.3 is 15.5 Å². The van der Waals surface area contributed by atoms with Crippen LogP contribution in [-0.4, -0.2) is 42.9 Å². The summed E-state index contributed by atoms with van der Waals surface area (Å²) in [5.74, 6) is 0.183. The predicted octanol–water partition coefficient (Wildman–Crippen LogP) is 2.60. The first-order chi connectivity index (χ1) is 12.2. The summed E-state index contributed by atoms with van der Waals surface area (Å²) in [4.78, 5) is 26.9. The zero-order chi connectivity index (χ0) is 17.3. The maximum Gasteiger partial charge on any atom is 0.227 e. The zero-order valence-electron chi connectivity index (χ0n) is 15.1. The summed E-state index contributed by atoms with van der Waals surface area (Å²) in [5.41, 5.74) is 2.53. The van der Waals surface area contributed by atoms with Crippen LogP contribution in [0.15, 0.2) is 24.3 Å². The molecular weight excluding hydrogens is 350 g/mol. The van der Waals surface area contributed by atoms with E-state index in [9.17, 15) is 9.59 Å². The third-order valence-corrected chi connectivity index (χ3v) is 6.33. The minimum atomic E-state index is -0.0889. The number of benzene rings is 1. The SMILES string of the molecule is Cl.O=C1Nc2ccccc2CC1CCC(=O)N1CCC2(CCNC2)CC1. The Morgan fingerprint density at radius 3 is 2.69 bits per heavy atom. The maximum absolute atomic E-state index is 12.6. The smallest absolute Gasteiger partial charge is 0.227 e. The van der Waals surface area contributed by atoms with Gasteiger partial charge in [0.2, 0.25) is 11.8 Å². The number of piperidine rings is 1. The average molecular weight is 378 g/mol. The van der Waals surface area contributed by atoms with Crippen molar-refractivity contribution in [2.75, 3.05) is 31.5 Å². The van der Waals surface area contributed by atoms with Crippen LogP contribution >= 0.6 is 12.4 Å². The Hall–Kier alpha value is -1.59. The molecule has 2 amide bonds. The molecule has 1 unspecified atom stereocenters. The van der Waals surface area contributed by atoms with E-state index in [1.165, 1.54) is 12.0 Å². The second kappa shape index (κ2) is 7.97. The molecule has 142 valence electrons. The molecule has 0 bridgehead atoms. The number of hydrogen-bond donors (Lipinski definition) is 2. The van der Waals surface area contributed by atoms with Crippen molar-refractivity contribution in [2.45, 2.75) is 38.5 Å². The second-order valence-corrected chi connectivity index (χ2v) is 7.89. The van der Waals surface area contributed by atoms with Gasteiger partial charge in [-0.15, -0.1) is 12.4 Å². The lowest BCUT2D eigenvalue weighted by molar-refractivity contribution is -0.133. The Bertz CT molecular complexity index is 663. The lowest BCUT2D eigenvalue weighted by Gasteiger charge is -2.39. The van der Waals surface area contributed by atoms with Crippen molar-refractivity contribution in [3.05, 3.63) is 29.8 Å². The Labute approximate surface area is 161 Å². The molecule has 2 saturated heterocycles. The largest absolute Gasteiger partial charge is 0.343 e. The first-order valence-corrected chi connectivity index (χ1v) is 9.53. The van der Waals surface area contributed by atoms with E-state index < -0.39 is 0 Å². The summed E-state index contributed by atoms with van der Waals surface area (Å²) in [6.45, 7) is 3.98. The number of anilines is 1. The number of para-hydroxylation sites is 1. The highest BCUT2D eigenvalue weighted by Crippen LogP contribution is 2.37. The minimum absolute atomic E-state index is 0. The van der Waals surface area contributed by atoms with Gasteiger partial charge in [0.1, 0.15) is 0 Å². The van der Waals surface area contributed by atoms with Crippen LogP contribution in [0.2, 0.25) is 0 Å². The fraction of sp³-hybridized carbons (Fsp3) is 0.600. The minimum Gasteiger partial charge on any atom is -0.343 e. The van der Waals surface area contributed by atoms with Crippen molar-refractivity contribution in [2.24, 2.45) is 11.3 Å². The lowest BCUT2D eigenvalue weighted by Crippen LogP contribution is -2.44. The highest BCUT2D eigenvalue weighted by Gasteiger charge is 2.38. The van der Waals surface area contributed by atoms with Crippen LogP contribution in [-0.2, 0) is 16.0 Å². The number of carbonyl (C=O) groups is 2. The summed E-state index contributed by atoms with van der Waals surface area (Å²) in [6.07, 6.45) is 5.33. The van der Waals surface area contributed by atoms with Crippen molar-refractivity contribution in [1.29, 1.82) is 0 Å². The molecule has 5 nitrogen and oxygen atoms in total. The first-order valence-electron chi connectivity index (χ1n) is 9.53. The number of nitrogens with zero attached hydrogens (tertiary/aromatic N) is 1. The third-order valence-electron chi connectivity index (χ3n) is 6.33. The Kier molecular flexibility index (Phi) is 5.88. The van der Waals surface area contributed by atoms with Crippen molar-refractivity contribution in [1.82, 2.24) is 10.2 Å². The highest BCUT2D eigenvalue weighted by molar-refractivity contribution is 5.96. The van der Waals surface area contributed by atoms with Gasteiger partial charge in [-0.05, 0) is 55.7 Å². The van der Waals surface area contributed by atoms with Gasteiger partial charge >= 0.3 is 0 Å². The molecule has 0 aromatic heterocycles. The van der Waals surface area contributed by atoms with Crippen LogP contribution in [0.25, 0.3) is 0 Å². The molecule has 1 spiro atoms. The number of rotatable bonds is 3. The van der Waals surface area contributed by atoms with E-state index >= 15 is 0 Å². The van der Waals surface area contributed by atoms with Crippen LogP contribution < -0.4 is 10.6 Å². The normalized spacial score (nSPS) is 23.9. The van der Waals surface area contributed by atoms with Crippen LogP contribution in [0.1, 0.15) is 37.7 Å². The fourth-order valence-electron chi connectivity index (χ4n) is 4.55. The van der Waals surface area contributed by atoms with Crippen LogP contribution in [0.4, 0.5) is 5.69 Å². The number of amides is 2. The molecule has 6 heteroatoms. The molecule has 3 heterocycles. The molecule has 0 aliphatic carbocycles. The topological polar surface area (TPSA) is 61.4 Å². The van der Waals surface area contributed by atoms with Gasteiger partial charge in [-0.25, -0.2) is 0 Å². The van der Waals surface area contributed by atoms with Crippen LogP contribution in [0.5, 0.6) is 0 Å². The number of hydrogen-bond acceptors (Lipinski definition) is 3. The molecule has 1 aromatic carbocycles. The van der Waals surface area contributed by atoms with Crippen molar-refractivity contribution in [3.8, 4) is 0 Å². The molecule has 4 rings (SSSR count). The maximum atomic E-state index is 12.6. The van der Waals surface area contributed by atoms with Crippen molar-refractivity contribution >= 4 is 29.9 Å². The number of fused-ring (bicyclic) bond motifs is 1. The molecule has 3 aliphatic rings. The van der Waals surface area contributed by atoms with Gasteiger partial charge in [-0.3, -0.25) is 9.59 Å². The summed E-state index contributed by atoms with van der Waals surface area (Å²) in [5, 5.41) is 6.44. The van der Waals surface area contributed by atoms with E-state index in [0.29, 0.717) is 18.3 Å². The van der Waals surface area contributed by atoms with Crippen LogP contribution in [0, 0.1) is 11.3 Å². The van der Waals surface area contributed by atoms with E-state index in [-0.39, 0.29) is 30.1 Å². The number of likely N-dealkylation sites (tertiary alicyclic amines) is 1. The predicted molar refractivity (Wildman–Crippen MR) is 104 cm³/mol. The summed E-state index contributed by atoms with van der Waals surface area (Å²) in [7, 11) is 0. The fourth-order valence-corrected chi connectivity index (χ4v) is 4.55. The van der Waals surface area contributed by atoms with E-state index in [2.05, 4.69) is 16.7 Å². The first kappa shape index (κ1) is 19.2. The van der Waals surface area contributed by atoms with Gasteiger partial charge in [0.15, 0.2) is 0 Å². The van der Waals surface area contributed by atoms with Gasteiger partial charge in [0.25, 0.3) is 0 Å². The molecule has 2 N–H and O–H groups in total. The standard InChI is InChI=1S/C20H27N3O2.ClH/c24-18(23-11-8-20(9-12-23)7-10-21-14-20)6-5-16-13-15-3-1-2-4-17(15)22-19(16)25;/h1-4,16,21H,5-14H2,(H,22,25);1H. The third kappa shape index (κ3) is 3.89. The molecule has 1 aromatic rings. The van der Waals surface area contributed by atoms with Gasteiger partial charge in [0.05, 0.1) is 0 Å². The van der Waals surface area contributed by atoms with Crippen molar-refractivity contribution < 1.29 is 9.59 Å². The van der Waals surface area contributed by atoms with Gasteiger partial charge in [-0.1, -0.05) is 18.2 Å². The summed E-state index contributed by atoms with van der Waals surface area (Å²) >= 11 is 0. The lowest BCUT2D eigenvalue weighted by atomic mass is 9.78. The Morgan fingerprint density at radius 1 is 1.19 bits per heavy atom. The van der Waals surface area contributed by atoms with Crippen LogP contribution in [0.3, 0.4) is 0 Å². The average Bonchev–Trinajstić information content (AvgIpc) is 3.08. The highest BCUT2D eigenvalue weighted by atomic mass is 35.5. The van der Waals surface area contributed by atoms with E-state index in [0.717, 1.165) is 51.1 Å². The number of nitrogens with one attached hydrogen (secondary N) is 2. The monoisotopic (exact) mass is 377 g/mol.